The highest BCUT2D eigenvalue weighted by molar-refractivity contribution is 5.67. The Morgan fingerprint density at radius 1 is 1.45 bits per heavy atom. The van der Waals surface area contributed by atoms with Gasteiger partial charge in [-0.15, -0.1) is 0 Å². The summed E-state index contributed by atoms with van der Waals surface area (Å²) in [4.78, 5) is 19.1. The third-order valence-corrected chi connectivity index (χ3v) is 2.41. The molecule has 2 N–H and O–H groups in total. The zero-order valence-corrected chi connectivity index (χ0v) is 12.2. The summed E-state index contributed by atoms with van der Waals surface area (Å²) >= 11 is 0. The molecule has 1 heterocycles. The number of aliphatic carboxylic acids is 1. The SMILES string of the molecule is COC(CNc1nc(C)cc(OC(C)C)n1)CC(=O)O. The number of carboxylic acids is 1. The van der Waals surface area contributed by atoms with Crippen molar-refractivity contribution in [3.63, 3.8) is 0 Å². The molecule has 0 aliphatic heterocycles. The van der Waals surface area contributed by atoms with E-state index in [0.717, 1.165) is 5.69 Å². The Morgan fingerprint density at radius 2 is 2.15 bits per heavy atom. The number of methoxy groups -OCH3 is 1. The molecule has 0 aliphatic carbocycles. The highest BCUT2D eigenvalue weighted by Crippen LogP contribution is 2.13. The Kier molecular flexibility index (Phi) is 6.17. The highest BCUT2D eigenvalue weighted by Gasteiger charge is 2.13. The van der Waals surface area contributed by atoms with Crippen LogP contribution < -0.4 is 10.1 Å². The lowest BCUT2D eigenvalue weighted by Crippen LogP contribution is -2.25. The van der Waals surface area contributed by atoms with Crippen LogP contribution in [0.2, 0.25) is 0 Å². The van der Waals surface area contributed by atoms with Gasteiger partial charge >= 0.3 is 5.97 Å². The number of carboxylic acid groups (broad SMARTS) is 1. The molecule has 0 bridgehead atoms. The fourth-order valence-electron chi connectivity index (χ4n) is 1.56. The summed E-state index contributed by atoms with van der Waals surface area (Å²) in [5.74, 6) is -0.0251. The molecule has 0 saturated carbocycles. The van der Waals surface area contributed by atoms with E-state index >= 15 is 0 Å². The van der Waals surface area contributed by atoms with Gasteiger partial charge in [0.25, 0.3) is 0 Å². The van der Waals surface area contributed by atoms with Crippen LogP contribution in [0.4, 0.5) is 5.95 Å². The lowest BCUT2D eigenvalue weighted by molar-refractivity contribution is -0.139. The van der Waals surface area contributed by atoms with E-state index < -0.39 is 12.1 Å². The monoisotopic (exact) mass is 283 g/mol. The van der Waals surface area contributed by atoms with E-state index in [1.807, 2.05) is 20.8 Å². The molecule has 1 unspecified atom stereocenters. The van der Waals surface area contributed by atoms with Gasteiger partial charge in [-0.05, 0) is 20.8 Å². The average molecular weight is 283 g/mol. The molecular formula is C13H21N3O4. The Hall–Kier alpha value is -1.89. The van der Waals surface area contributed by atoms with Crippen molar-refractivity contribution in [1.29, 1.82) is 0 Å². The third kappa shape index (κ3) is 5.83. The van der Waals surface area contributed by atoms with Gasteiger partial charge in [0, 0.05) is 25.4 Å². The minimum absolute atomic E-state index is 0.0240. The first-order valence-electron chi connectivity index (χ1n) is 6.41. The second kappa shape index (κ2) is 7.64. The Labute approximate surface area is 118 Å². The molecule has 0 aliphatic rings. The van der Waals surface area contributed by atoms with Crippen LogP contribution >= 0.6 is 0 Å². The normalized spacial score (nSPS) is 12.2. The summed E-state index contributed by atoms with van der Waals surface area (Å²) in [6.07, 6.45) is -0.494. The summed E-state index contributed by atoms with van der Waals surface area (Å²) in [6.45, 7) is 5.98. The topological polar surface area (TPSA) is 93.6 Å². The number of rotatable bonds is 8. The lowest BCUT2D eigenvalue weighted by atomic mass is 10.2. The van der Waals surface area contributed by atoms with Crippen molar-refractivity contribution in [3.05, 3.63) is 11.8 Å². The summed E-state index contributed by atoms with van der Waals surface area (Å²) in [5, 5.41) is 11.7. The fourth-order valence-corrected chi connectivity index (χ4v) is 1.56. The van der Waals surface area contributed by atoms with Gasteiger partial charge in [-0.3, -0.25) is 4.79 Å². The summed E-state index contributed by atoms with van der Waals surface area (Å²) < 4.78 is 10.6. The van der Waals surface area contributed by atoms with Crippen LogP contribution in [0.15, 0.2) is 6.07 Å². The Bertz CT molecular complexity index is 451. The standard InChI is InChI=1S/C13H21N3O4/c1-8(2)20-11-5-9(3)15-13(16-11)14-7-10(19-4)6-12(17)18/h5,8,10H,6-7H2,1-4H3,(H,17,18)(H,14,15,16). The molecule has 1 aromatic rings. The van der Waals surface area contributed by atoms with E-state index in [9.17, 15) is 4.79 Å². The van der Waals surface area contributed by atoms with Gasteiger partial charge in [0.2, 0.25) is 11.8 Å². The Morgan fingerprint density at radius 3 is 2.70 bits per heavy atom. The van der Waals surface area contributed by atoms with E-state index in [2.05, 4.69) is 15.3 Å². The van der Waals surface area contributed by atoms with Gasteiger partial charge in [0.15, 0.2) is 0 Å². The Balaban J connectivity index is 2.66. The predicted molar refractivity (Wildman–Crippen MR) is 74.1 cm³/mol. The molecule has 7 heteroatoms. The molecule has 1 rings (SSSR count). The molecule has 20 heavy (non-hydrogen) atoms. The first-order chi connectivity index (χ1) is 9.40. The van der Waals surface area contributed by atoms with Crippen molar-refractivity contribution in [2.45, 2.75) is 39.4 Å². The first kappa shape index (κ1) is 16.2. The van der Waals surface area contributed by atoms with Crippen LogP contribution in [-0.2, 0) is 9.53 Å². The molecule has 1 atom stereocenters. The number of aryl methyl sites for hydroxylation is 1. The van der Waals surface area contributed by atoms with Crippen LogP contribution in [0, 0.1) is 6.92 Å². The summed E-state index contributed by atoms with van der Waals surface area (Å²) in [5.41, 5.74) is 0.769. The number of hydrogen-bond donors (Lipinski definition) is 2. The number of aromatic nitrogens is 2. The van der Waals surface area contributed by atoms with Gasteiger partial charge in [-0.2, -0.15) is 4.98 Å². The molecule has 0 aromatic carbocycles. The first-order valence-corrected chi connectivity index (χ1v) is 6.41. The third-order valence-electron chi connectivity index (χ3n) is 2.41. The number of nitrogens with one attached hydrogen (secondary N) is 1. The van der Waals surface area contributed by atoms with Gasteiger partial charge in [0.05, 0.1) is 18.6 Å². The van der Waals surface area contributed by atoms with Gasteiger partial charge < -0.3 is 19.9 Å². The highest BCUT2D eigenvalue weighted by atomic mass is 16.5. The van der Waals surface area contributed by atoms with Crippen molar-refractivity contribution in [2.75, 3.05) is 19.0 Å². The van der Waals surface area contributed by atoms with Crippen LogP contribution in [0.25, 0.3) is 0 Å². The predicted octanol–water partition coefficient (Wildman–Crippen LogP) is 1.47. The van der Waals surface area contributed by atoms with Crippen molar-refractivity contribution in [1.82, 2.24) is 9.97 Å². The molecule has 7 nitrogen and oxygen atoms in total. The van der Waals surface area contributed by atoms with Crippen LogP contribution in [0.1, 0.15) is 26.0 Å². The molecular weight excluding hydrogens is 262 g/mol. The molecule has 0 spiro atoms. The van der Waals surface area contributed by atoms with E-state index in [1.54, 1.807) is 6.07 Å². The van der Waals surface area contributed by atoms with Gasteiger partial charge in [-0.25, -0.2) is 4.98 Å². The maximum Gasteiger partial charge on any atom is 0.306 e. The summed E-state index contributed by atoms with van der Waals surface area (Å²) in [7, 11) is 1.47. The number of hydrogen-bond acceptors (Lipinski definition) is 6. The molecule has 0 radical (unpaired) electrons. The maximum absolute atomic E-state index is 10.7. The van der Waals surface area contributed by atoms with Crippen molar-refractivity contribution in [2.24, 2.45) is 0 Å². The molecule has 112 valence electrons. The maximum atomic E-state index is 10.7. The fraction of sp³-hybridized carbons (Fsp3) is 0.615. The zero-order valence-electron chi connectivity index (χ0n) is 12.2. The molecule has 1 aromatic heterocycles. The van der Waals surface area contributed by atoms with Crippen molar-refractivity contribution >= 4 is 11.9 Å². The number of anilines is 1. The zero-order chi connectivity index (χ0) is 15.1. The van der Waals surface area contributed by atoms with Crippen LogP contribution in [0.3, 0.4) is 0 Å². The molecule has 0 amide bonds. The number of ether oxygens (including phenoxy) is 2. The molecule has 0 fully saturated rings. The van der Waals surface area contributed by atoms with Gasteiger partial charge in [0.1, 0.15) is 0 Å². The smallest absolute Gasteiger partial charge is 0.306 e. The van der Waals surface area contributed by atoms with E-state index in [1.165, 1.54) is 7.11 Å². The van der Waals surface area contributed by atoms with Crippen molar-refractivity contribution in [3.8, 4) is 5.88 Å². The summed E-state index contributed by atoms with van der Waals surface area (Å²) in [6, 6.07) is 1.75. The van der Waals surface area contributed by atoms with E-state index in [-0.39, 0.29) is 12.5 Å². The molecule has 0 saturated heterocycles. The largest absolute Gasteiger partial charge is 0.481 e. The van der Waals surface area contributed by atoms with E-state index in [0.29, 0.717) is 18.4 Å². The quantitative estimate of drug-likeness (QED) is 0.746. The minimum atomic E-state index is -0.910. The van der Waals surface area contributed by atoms with Crippen LogP contribution in [-0.4, -0.2) is 46.9 Å². The van der Waals surface area contributed by atoms with Crippen molar-refractivity contribution < 1.29 is 19.4 Å². The lowest BCUT2D eigenvalue weighted by Gasteiger charge is -2.15. The van der Waals surface area contributed by atoms with Crippen LogP contribution in [0.5, 0.6) is 5.88 Å². The second-order valence-electron chi connectivity index (χ2n) is 4.67. The number of nitrogens with zero attached hydrogens (tertiary/aromatic N) is 2. The van der Waals surface area contributed by atoms with E-state index in [4.69, 9.17) is 14.6 Å². The second-order valence-corrected chi connectivity index (χ2v) is 4.67. The van der Waals surface area contributed by atoms with Gasteiger partial charge in [-0.1, -0.05) is 0 Å². The number of carbonyl (C=O) groups is 1. The minimum Gasteiger partial charge on any atom is -0.481 e. The average Bonchev–Trinajstić information content (AvgIpc) is 2.32.